The number of rotatable bonds is 10. The van der Waals surface area contributed by atoms with Crippen molar-refractivity contribution in [3.63, 3.8) is 0 Å². The lowest BCUT2D eigenvalue weighted by Crippen LogP contribution is -2.05. The fourth-order valence-electron chi connectivity index (χ4n) is 2.18. The Labute approximate surface area is 209 Å². The second-order valence-electron chi connectivity index (χ2n) is 6.97. The van der Waals surface area contributed by atoms with Crippen LogP contribution in [0, 0.1) is 0 Å². The van der Waals surface area contributed by atoms with Gasteiger partial charge in [-0.15, -0.1) is 0 Å². The fraction of sp³-hybridized carbons (Fsp3) is 0.240. The molecule has 196 valence electrons. The minimum absolute atomic E-state index is 0. The Morgan fingerprint density at radius 3 is 1.72 bits per heavy atom. The van der Waals surface area contributed by atoms with E-state index in [9.17, 15) is 28.5 Å². The van der Waals surface area contributed by atoms with Gasteiger partial charge in [-0.1, -0.05) is 25.6 Å². The first-order valence-electron chi connectivity index (χ1n) is 9.96. The third kappa shape index (κ3) is 15.2. The Balaban J connectivity index is 0. The molecule has 0 radical (unpaired) electrons. The number of carbonyl (C=O) groups excluding carboxylic acids is 4. The summed E-state index contributed by atoms with van der Waals surface area (Å²) in [6, 6.07) is 12.6. The van der Waals surface area contributed by atoms with E-state index in [1.807, 2.05) is 0 Å². The fourth-order valence-corrected chi connectivity index (χ4v) is 3.28. The Hall–Kier alpha value is -3.72. The normalized spacial score (nSPS) is 9.89. The summed E-state index contributed by atoms with van der Waals surface area (Å²) >= 11 is 0. The maximum absolute atomic E-state index is 11.0. The molecule has 0 saturated heterocycles. The molecule has 0 aromatic heterocycles. The molecule has 0 aliphatic rings. The number of allylic oxidation sites excluding steroid dienone is 1. The van der Waals surface area contributed by atoms with Gasteiger partial charge >= 0.3 is 5.97 Å². The number of aliphatic hydroxyl groups excluding tert-OH is 2. The van der Waals surface area contributed by atoms with E-state index < -0.39 is 25.8 Å². The van der Waals surface area contributed by atoms with E-state index in [0.29, 0.717) is 17.8 Å². The van der Waals surface area contributed by atoms with Crippen molar-refractivity contribution in [1.82, 2.24) is 0 Å². The average Bonchev–Trinajstić information content (AvgIpc) is 2.84. The van der Waals surface area contributed by atoms with Crippen LogP contribution in [0.1, 0.15) is 47.6 Å². The van der Waals surface area contributed by atoms with Crippen molar-refractivity contribution in [1.29, 1.82) is 0 Å². The average molecular weight is 522 g/mol. The molecular weight excluding hydrogens is 491 g/mol. The highest BCUT2D eigenvalue weighted by Crippen LogP contribution is 2.42. The van der Waals surface area contributed by atoms with E-state index in [1.54, 1.807) is 42.5 Å². The van der Waals surface area contributed by atoms with Crippen molar-refractivity contribution < 1.29 is 48.6 Å². The first kappa shape index (κ1) is 34.4. The quantitative estimate of drug-likeness (QED) is 0.238. The predicted molar refractivity (Wildman–Crippen MR) is 136 cm³/mol. The van der Waals surface area contributed by atoms with Gasteiger partial charge in [0.15, 0.2) is 5.78 Å². The van der Waals surface area contributed by atoms with E-state index in [0.717, 1.165) is 11.8 Å². The number of aldehydes is 1. The zero-order chi connectivity index (χ0) is 26.9. The van der Waals surface area contributed by atoms with E-state index >= 15 is 0 Å². The Bertz CT molecular complexity index is 1050. The molecule has 0 bridgehead atoms. The van der Waals surface area contributed by atoms with Gasteiger partial charge < -0.3 is 24.6 Å². The van der Waals surface area contributed by atoms with E-state index in [-0.39, 0.29) is 30.7 Å². The number of hydrogen-bond donors (Lipinski definition) is 3. The van der Waals surface area contributed by atoms with Gasteiger partial charge in [0.1, 0.15) is 25.0 Å². The van der Waals surface area contributed by atoms with Crippen LogP contribution in [0.3, 0.4) is 0 Å². The third-order valence-electron chi connectivity index (χ3n) is 3.89. The van der Waals surface area contributed by atoms with Crippen molar-refractivity contribution in [2.24, 2.45) is 0 Å². The summed E-state index contributed by atoms with van der Waals surface area (Å²) in [6.45, 7) is 3.08. The number of Topliss-reactive ketones (excluding diaryl/α,β-unsaturated/α-hetero) is 1. The first-order valence-corrected chi connectivity index (χ1v) is 12.2. The monoisotopic (exact) mass is 522 g/mol. The van der Waals surface area contributed by atoms with Crippen LogP contribution in [-0.2, 0) is 18.9 Å². The van der Waals surface area contributed by atoms with Crippen LogP contribution < -0.4 is 4.74 Å². The van der Waals surface area contributed by atoms with E-state index in [2.05, 4.69) is 4.74 Å². The number of hydrogen-bond acceptors (Lipinski definition) is 9. The van der Waals surface area contributed by atoms with Gasteiger partial charge in [0, 0.05) is 5.56 Å². The summed E-state index contributed by atoms with van der Waals surface area (Å²) in [5.74, 6) is -0.823. The molecule has 36 heavy (non-hydrogen) atoms. The first-order chi connectivity index (χ1) is 16.5. The number of ether oxygens (including phenoxy) is 1. The Kier molecular flexibility index (Phi) is 17.8. The van der Waals surface area contributed by atoms with Crippen LogP contribution in [0.25, 0.3) is 6.08 Å². The molecule has 10 nitrogen and oxygen atoms in total. The maximum atomic E-state index is 11.0. The zero-order valence-electron chi connectivity index (χ0n) is 19.2. The molecule has 3 N–H and O–H groups in total. The summed E-state index contributed by atoms with van der Waals surface area (Å²) in [7, 11) is -2.98. The van der Waals surface area contributed by atoms with Crippen LogP contribution >= 0.6 is 7.14 Å². The number of aromatic carboxylic acids is 1. The minimum atomic E-state index is -2.98. The van der Waals surface area contributed by atoms with Crippen LogP contribution in [0.2, 0.25) is 0 Å². The second-order valence-corrected chi connectivity index (χ2v) is 9.97. The minimum Gasteiger partial charge on any atom is -0.478 e. The molecule has 11 heteroatoms. The van der Waals surface area contributed by atoms with Crippen molar-refractivity contribution in [3.05, 3.63) is 71.3 Å². The molecule has 2 aromatic carbocycles. The lowest BCUT2D eigenvalue weighted by molar-refractivity contribution is -0.120. The molecule has 0 fully saturated rings. The number of carboxylic acids is 1. The summed E-state index contributed by atoms with van der Waals surface area (Å²) in [6.07, 6.45) is 2.42. The molecule has 0 spiro atoms. The van der Waals surface area contributed by atoms with Crippen LogP contribution in [-0.4, -0.2) is 64.5 Å². The highest BCUT2D eigenvalue weighted by Gasteiger charge is 2.21. The lowest BCUT2D eigenvalue weighted by Gasteiger charge is -2.08. The predicted octanol–water partition coefficient (Wildman–Crippen LogP) is 3.50. The number of ketones is 2. The maximum Gasteiger partial charge on any atom is 0.335 e. The number of carbonyl (C=O) groups is 5. The molecule has 0 saturated carbocycles. The standard InChI is InChI=1S/C11H10O3.C8H6O3.C5H11O4P.CH4/c1-8(12)2-3-9-4-6-10(7-5-9)11(13)14;9-5-7-1-3-8(4-2-7)11-6-10;1-5(8)2-10(9,3-6)4-7;/h2-7H,1H3,(H,13,14);1-6H;6-7H,2-4H2,1H3;1H4/b3-2+;;;. The van der Waals surface area contributed by atoms with Crippen molar-refractivity contribution >= 4 is 43.5 Å². The van der Waals surface area contributed by atoms with E-state index in [1.165, 1.54) is 32.1 Å². The molecule has 0 atom stereocenters. The van der Waals surface area contributed by atoms with Gasteiger partial charge in [-0.25, -0.2) is 4.79 Å². The van der Waals surface area contributed by atoms with Crippen molar-refractivity contribution in [3.8, 4) is 5.75 Å². The van der Waals surface area contributed by atoms with Gasteiger partial charge in [-0.3, -0.25) is 19.2 Å². The summed E-state index contributed by atoms with van der Waals surface area (Å²) in [4.78, 5) is 51.5. The molecule has 0 aliphatic carbocycles. The SMILES string of the molecule is C.CC(=O)/C=C/c1ccc(C(=O)O)cc1.CC(=O)CP(=O)(CO)CO.O=COc1ccc(C=O)cc1. The number of aliphatic hydroxyl groups is 2. The smallest absolute Gasteiger partial charge is 0.335 e. The van der Waals surface area contributed by atoms with Crippen molar-refractivity contribution in [2.75, 3.05) is 18.9 Å². The molecular formula is C25H31O10P. The van der Waals surface area contributed by atoms with Crippen LogP contribution in [0.15, 0.2) is 54.6 Å². The van der Waals surface area contributed by atoms with Crippen LogP contribution in [0.4, 0.5) is 0 Å². The van der Waals surface area contributed by atoms with Gasteiger partial charge in [0.05, 0.1) is 24.4 Å². The summed E-state index contributed by atoms with van der Waals surface area (Å²) in [5, 5.41) is 25.5. The second kappa shape index (κ2) is 18.6. The van der Waals surface area contributed by atoms with Gasteiger partial charge in [-0.05, 0) is 61.9 Å². The number of benzene rings is 2. The topological polar surface area (TPSA) is 172 Å². The molecule has 2 rings (SSSR count). The Morgan fingerprint density at radius 1 is 0.889 bits per heavy atom. The summed E-state index contributed by atoms with van der Waals surface area (Å²) in [5.41, 5.74) is 1.61. The number of carboxylic acid groups (broad SMARTS) is 1. The Morgan fingerprint density at radius 2 is 1.39 bits per heavy atom. The third-order valence-corrected chi connectivity index (χ3v) is 5.95. The lowest BCUT2D eigenvalue weighted by atomic mass is 10.1. The molecule has 0 heterocycles. The highest BCUT2D eigenvalue weighted by molar-refractivity contribution is 7.64. The summed E-state index contributed by atoms with van der Waals surface area (Å²) < 4.78 is 15.5. The van der Waals surface area contributed by atoms with Gasteiger partial charge in [0.25, 0.3) is 6.47 Å². The molecule has 2 aromatic rings. The zero-order valence-corrected chi connectivity index (χ0v) is 20.1. The largest absolute Gasteiger partial charge is 0.478 e. The van der Waals surface area contributed by atoms with Crippen molar-refractivity contribution in [2.45, 2.75) is 21.3 Å². The molecule has 0 amide bonds. The molecule has 0 unspecified atom stereocenters. The highest BCUT2D eigenvalue weighted by atomic mass is 31.2. The van der Waals surface area contributed by atoms with Gasteiger partial charge in [0.2, 0.25) is 0 Å². The van der Waals surface area contributed by atoms with Gasteiger partial charge in [-0.2, -0.15) is 0 Å². The molecule has 0 aliphatic heterocycles. The van der Waals surface area contributed by atoms with E-state index in [4.69, 9.17) is 15.3 Å². The van der Waals surface area contributed by atoms with Crippen LogP contribution in [0.5, 0.6) is 5.75 Å².